The zero-order valence-corrected chi connectivity index (χ0v) is 8.28. The predicted octanol–water partition coefficient (Wildman–Crippen LogP) is 0.982. The summed E-state index contributed by atoms with van der Waals surface area (Å²) in [5, 5.41) is 9.28. The van der Waals surface area contributed by atoms with Crippen LogP contribution in [0.5, 0.6) is 0 Å². The van der Waals surface area contributed by atoms with Crippen LogP contribution in [0.3, 0.4) is 0 Å². The summed E-state index contributed by atoms with van der Waals surface area (Å²) in [6, 6.07) is 0. The fraction of sp³-hybridized carbons (Fsp3) is 1.00. The molecule has 0 saturated carbocycles. The molecule has 1 fully saturated rings. The van der Waals surface area contributed by atoms with E-state index in [2.05, 4.69) is 0 Å². The molecule has 1 aliphatic rings. The Kier molecular flexibility index (Phi) is 3.35. The highest BCUT2D eigenvalue weighted by molar-refractivity contribution is 6.21. The van der Waals surface area contributed by atoms with Crippen LogP contribution < -0.4 is 0 Å². The number of methoxy groups -OCH3 is 1. The molecule has 0 aromatic rings. The number of alkyl halides is 1. The molecule has 1 rings (SSSR count). The molecule has 3 nitrogen and oxygen atoms in total. The van der Waals surface area contributed by atoms with Crippen LogP contribution in [0.2, 0.25) is 0 Å². The smallest absolute Gasteiger partial charge is 0.162 e. The summed E-state index contributed by atoms with van der Waals surface area (Å²) >= 11 is 5.90. The van der Waals surface area contributed by atoms with Crippen molar-refractivity contribution >= 4 is 11.6 Å². The van der Waals surface area contributed by atoms with Gasteiger partial charge in [0.25, 0.3) is 0 Å². The fourth-order valence-corrected chi connectivity index (χ4v) is 1.70. The molecule has 0 aromatic carbocycles. The van der Waals surface area contributed by atoms with Gasteiger partial charge in [0, 0.05) is 13.0 Å². The van der Waals surface area contributed by atoms with Crippen LogP contribution in [0, 0.1) is 5.92 Å². The van der Waals surface area contributed by atoms with E-state index < -0.39 is 6.10 Å². The van der Waals surface area contributed by atoms with Gasteiger partial charge in [0.1, 0.15) is 0 Å². The Balaban J connectivity index is 2.63. The highest BCUT2D eigenvalue weighted by atomic mass is 35.5. The van der Waals surface area contributed by atoms with E-state index in [0.29, 0.717) is 0 Å². The molecule has 0 radical (unpaired) electrons. The van der Waals surface area contributed by atoms with E-state index in [4.69, 9.17) is 21.1 Å². The lowest BCUT2D eigenvalue weighted by Gasteiger charge is -2.39. The molecule has 4 heteroatoms. The maximum atomic E-state index is 9.63. The molecule has 5 atom stereocenters. The zero-order chi connectivity index (χ0) is 9.30. The third-order valence-corrected chi connectivity index (χ3v) is 2.94. The first-order valence-corrected chi connectivity index (χ1v) is 4.52. The van der Waals surface area contributed by atoms with E-state index in [1.54, 1.807) is 7.11 Å². The number of ether oxygens (including phenoxy) is 2. The Morgan fingerprint density at radius 3 is 2.50 bits per heavy atom. The quantitative estimate of drug-likeness (QED) is 0.633. The van der Waals surface area contributed by atoms with Gasteiger partial charge in [-0.3, -0.25) is 0 Å². The monoisotopic (exact) mass is 194 g/mol. The molecule has 0 amide bonds. The summed E-state index contributed by atoms with van der Waals surface area (Å²) < 4.78 is 10.5. The molecule has 0 unspecified atom stereocenters. The SMILES string of the molecule is CO[C@H]1O[C@H](C)[C@H](Cl)[C@@H](O)[C@@H]1C. The Labute approximate surface area is 77.6 Å². The number of hydrogen-bond donors (Lipinski definition) is 1. The molecule has 72 valence electrons. The molecule has 0 aliphatic carbocycles. The summed E-state index contributed by atoms with van der Waals surface area (Å²) in [7, 11) is 1.56. The van der Waals surface area contributed by atoms with Gasteiger partial charge in [-0.25, -0.2) is 0 Å². The van der Waals surface area contributed by atoms with E-state index in [1.165, 1.54) is 0 Å². The Bertz CT molecular complexity index is 148. The van der Waals surface area contributed by atoms with Gasteiger partial charge >= 0.3 is 0 Å². The number of aliphatic hydroxyl groups excluding tert-OH is 1. The lowest BCUT2D eigenvalue weighted by atomic mass is 9.95. The van der Waals surface area contributed by atoms with Gasteiger partial charge in [0.05, 0.1) is 17.6 Å². The van der Waals surface area contributed by atoms with Gasteiger partial charge in [-0.2, -0.15) is 0 Å². The molecular formula is C8H15ClO3. The first kappa shape index (κ1) is 10.3. The average Bonchev–Trinajstić information content (AvgIpc) is 2.08. The van der Waals surface area contributed by atoms with Gasteiger partial charge in [-0.15, -0.1) is 11.6 Å². The van der Waals surface area contributed by atoms with Gasteiger partial charge in [-0.05, 0) is 6.92 Å². The fourth-order valence-electron chi connectivity index (χ4n) is 1.41. The molecule has 1 aliphatic heterocycles. The van der Waals surface area contributed by atoms with Gasteiger partial charge < -0.3 is 14.6 Å². The summed E-state index contributed by atoms with van der Waals surface area (Å²) in [5.74, 6) is -0.0753. The van der Waals surface area contributed by atoms with E-state index in [1.807, 2.05) is 13.8 Å². The standard InChI is InChI=1S/C8H15ClO3/c1-4-7(10)6(9)5(2)12-8(4)11-3/h4-8,10H,1-3H3/t4-,5+,6-,7-,8-/m0/s1. The number of aliphatic hydroxyl groups is 1. The molecule has 1 heterocycles. The van der Waals surface area contributed by atoms with Crippen molar-refractivity contribution in [2.45, 2.75) is 37.7 Å². The van der Waals surface area contributed by atoms with Crippen LogP contribution >= 0.6 is 11.6 Å². The normalized spacial score (nSPS) is 49.2. The van der Waals surface area contributed by atoms with Crippen molar-refractivity contribution < 1.29 is 14.6 Å². The van der Waals surface area contributed by atoms with Crippen molar-refractivity contribution in [3.63, 3.8) is 0 Å². The second kappa shape index (κ2) is 3.92. The lowest BCUT2D eigenvalue weighted by molar-refractivity contribution is -0.226. The Hall–Kier alpha value is 0.170. The van der Waals surface area contributed by atoms with Crippen molar-refractivity contribution in [1.29, 1.82) is 0 Å². The minimum atomic E-state index is -0.555. The number of hydrogen-bond acceptors (Lipinski definition) is 3. The highest BCUT2D eigenvalue weighted by Crippen LogP contribution is 2.29. The van der Waals surface area contributed by atoms with Crippen molar-refractivity contribution in [2.75, 3.05) is 7.11 Å². The van der Waals surface area contributed by atoms with Crippen LogP contribution in [-0.2, 0) is 9.47 Å². The summed E-state index contributed by atoms with van der Waals surface area (Å²) in [6.07, 6.45) is -1.06. The first-order chi connectivity index (χ1) is 5.57. The van der Waals surface area contributed by atoms with Crippen LogP contribution in [-0.4, -0.2) is 36.1 Å². The minimum Gasteiger partial charge on any atom is -0.391 e. The molecule has 1 saturated heterocycles. The second-order valence-corrected chi connectivity index (χ2v) is 3.74. The topological polar surface area (TPSA) is 38.7 Å². The lowest BCUT2D eigenvalue weighted by Crippen LogP contribution is -2.50. The van der Waals surface area contributed by atoms with Gasteiger partial charge in [0.2, 0.25) is 0 Å². The van der Waals surface area contributed by atoms with Crippen molar-refractivity contribution in [3.8, 4) is 0 Å². The van der Waals surface area contributed by atoms with E-state index in [0.717, 1.165) is 0 Å². The van der Waals surface area contributed by atoms with Crippen LogP contribution in [0.15, 0.2) is 0 Å². The third-order valence-electron chi connectivity index (χ3n) is 2.32. The van der Waals surface area contributed by atoms with Gasteiger partial charge in [0.15, 0.2) is 6.29 Å². The maximum absolute atomic E-state index is 9.63. The summed E-state index contributed by atoms with van der Waals surface area (Å²) in [6.45, 7) is 3.69. The Morgan fingerprint density at radius 1 is 1.42 bits per heavy atom. The first-order valence-electron chi connectivity index (χ1n) is 4.08. The van der Waals surface area contributed by atoms with E-state index in [-0.39, 0.29) is 23.7 Å². The average molecular weight is 195 g/mol. The third kappa shape index (κ3) is 1.74. The van der Waals surface area contributed by atoms with E-state index in [9.17, 15) is 5.11 Å². The largest absolute Gasteiger partial charge is 0.391 e. The number of halogens is 1. The molecule has 12 heavy (non-hydrogen) atoms. The minimum absolute atomic E-state index is 0.0753. The zero-order valence-electron chi connectivity index (χ0n) is 7.53. The highest BCUT2D eigenvalue weighted by Gasteiger charge is 2.39. The predicted molar refractivity (Wildman–Crippen MR) is 46.2 cm³/mol. The van der Waals surface area contributed by atoms with Crippen LogP contribution in [0.4, 0.5) is 0 Å². The van der Waals surface area contributed by atoms with Crippen molar-refractivity contribution in [1.82, 2.24) is 0 Å². The van der Waals surface area contributed by atoms with Crippen molar-refractivity contribution in [2.24, 2.45) is 5.92 Å². The Morgan fingerprint density at radius 2 is 2.00 bits per heavy atom. The molecule has 1 N–H and O–H groups in total. The van der Waals surface area contributed by atoms with Crippen LogP contribution in [0.1, 0.15) is 13.8 Å². The molecule has 0 spiro atoms. The summed E-state index contributed by atoms with van der Waals surface area (Å²) in [5.41, 5.74) is 0. The van der Waals surface area contributed by atoms with Gasteiger partial charge in [-0.1, -0.05) is 6.92 Å². The molecule has 0 aromatic heterocycles. The maximum Gasteiger partial charge on any atom is 0.162 e. The molecular weight excluding hydrogens is 180 g/mol. The van der Waals surface area contributed by atoms with Crippen LogP contribution in [0.25, 0.3) is 0 Å². The van der Waals surface area contributed by atoms with E-state index >= 15 is 0 Å². The summed E-state index contributed by atoms with van der Waals surface area (Å²) in [4.78, 5) is 0. The molecule has 0 bridgehead atoms. The second-order valence-electron chi connectivity index (χ2n) is 3.24. The number of rotatable bonds is 1. The van der Waals surface area contributed by atoms with Crippen molar-refractivity contribution in [3.05, 3.63) is 0 Å².